The zero-order valence-electron chi connectivity index (χ0n) is 11.0. The number of alkyl halides is 2. The lowest BCUT2D eigenvalue weighted by Crippen LogP contribution is -2.17. The van der Waals surface area contributed by atoms with Crippen LogP contribution in [0, 0.1) is 17.2 Å². The smallest absolute Gasteiger partial charge is 0.465 e. The van der Waals surface area contributed by atoms with Crippen LogP contribution in [0.25, 0.3) is 0 Å². The highest BCUT2D eigenvalue weighted by Gasteiger charge is 2.42. The number of ether oxygens (including phenoxy) is 3. The highest BCUT2D eigenvalue weighted by atomic mass is 19.3. The molecule has 1 aliphatic rings. The van der Waals surface area contributed by atoms with Gasteiger partial charge in [0.1, 0.15) is 5.76 Å². The number of nitriles is 1. The molecule has 1 aliphatic heterocycles. The molecule has 0 amide bonds. The van der Waals surface area contributed by atoms with Gasteiger partial charge < -0.3 is 14.2 Å². The van der Waals surface area contributed by atoms with Crippen molar-refractivity contribution in [2.45, 2.75) is 20.1 Å². The van der Waals surface area contributed by atoms with Gasteiger partial charge in [-0.15, -0.1) is 8.78 Å². The average Bonchev–Trinajstić information content (AvgIpc) is 2.61. The summed E-state index contributed by atoms with van der Waals surface area (Å²) in [6, 6.07) is 1.73. The van der Waals surface area contributed by atoms with Crippen molar-refractivity contribution in [3.63, 3.8) is 0 Å². The summed E-state index contributed by atoms with van der Waals surface area (Å²) in [5.41, 5.74) is 0.102. The van der Waals surface area contributed by atoms with Gasteiger partial charge in [0.05, 0.1) is 12.7 Å². The SMILES string of the molecule is C=C(/C=C\C1=C(C)OC(F)(F)O1)C(C#N)C(=O)OCC. The van der Waals surface area contributed by atoms with E-state index in [0.29, 0.717) is 0 Å². The van der Waals surface area contributed by atoms with E-state index < -0.39 is 18.2 Å². The molecule has 0 aromatic rings. The van der Waals surface area contributed by atoms with Crippen LogP contribution in [-0.4, -0.2) is 18.9 Å². The van der Waals surface area contributed by atoms with Gasteiger partial charge in [0.15, 0.2) is 11.7 Å². The Hall–Kier alpha value is -2.36. The summed E-state index contributed by atoms with van der Waals surface area (Å²) >= 11 is 0. The fraction of sp³-hybridized carbons (Fsp3) is 0.385. The number of hydrogen-bond donors (Lipinski definition) is 0. The van der Waals surface area contributed by atoms with Gasteiger partial charge in [-0.25, -0.2) is 0 Å². The first-order valence-corrected chi connectivity index (χ1v) is 5.70. The molecule has 0 fully saturated rings. The van der Waals surface area contributed by atoms with Crippen LogP contribution < -0.4 is 0 Å². The van der Waals surface area contributed by atoms with E-state index in [1.165, 1.54) is 13.0 Å². The van der Waals surface area contributed by atoms with Crippen LogP contribution in [0.2, 0.25) is 0 Å². The van der Waals surface area contributed by atoms with Gasteiger partial charge in [-0.05, 0) is 25.5 Å². The van der Waals surface area contributed by atoms with E-state index in [9.17, 15) is 13.6 Å². The molecule has 0 radical (unpaired) electrons. The minimum Gasteiger partial charge on any atom is -0.465 e. The van der Waals surface area contributed by atoms with Crippen LogP contribution in [0.15, 0.2) is 35.8 Å². The van der Waals surface area contributed by atoms with Crippen LogP contribution in [0.4, 0.5) is 8.78 Å². The van der Waals surface area contributed by atoms with Crippen molar-refractivity contribution in [1.29, 1.82) is 5.26 Å². The van der Waals surface area contributed by atoms with Crippen LogP contribution in [0.1, 0.15) is 13.8 Å². The number of halogens is 2. The van der Waals surface area contributed by atoms with E-state index in [2.05, 4.69) is 16.1 Å². The molecule has 0 aromatic carbocycles. The standard InChI is InChI=1S/C13H13F2NO4/c1-4-18-12(17)10(7-16)8(2)5-6-11-9(3)19-13(14,15)20-11/h5-6,10H,2,4H2,1,3H3/b6-5-. The van der Waals surface area contributed by atoms with Crippen LogP contribution in [0.3, 0.4) is 0 Å². The van der Waals surface area contributed by atoms with Crippen LogP contribution in [0.5, 0.6) is 0 Å². The van der Waals surface area contributed by atoms with Gasteiger partial charge in [0.2, 0.25) is 0 Å². The fourth-order valence-corrected chi connectivity index (χ4v) is 1.39. The maximum Gasteiger partial charge on any atom is 0.585 e. The first-order valence-electron chi connectivity index (χ1n) is 5.70. The van der Waals surface area contributed by atoms with Gasteiger partial charge in [-0.3, -0.25) is 4.79 Å². The summed E-state index contributed by atoms with van der Waals surface area (Å²) in [5, 5.41) is 8.89. The molecule has 1 rings (SSSR count). The first kappa shape index (κ1) is 15.7. The Bertz CT molecular complexity index is 517. The normalized spacial score (nSPS) is 18.1. The number of nitrogens with zero attached hydrogens (tertiary/aromatic N) is 1. The molecule has 1 atom stereocenters. The Morgan fingerprint density at radius 1 is 1.60 bits per heavy atom. The zero-order chi connectivity index (χ0) is 15.3. The van der Waals surface area contributed by atoms with E-state index in [1.54, 1.807) is 13.0 Å². The van der Waals surface area contributed by atoms with Gasteiger partial charge in [-0.1, -0.05) is 12.7 Å². The summed E-state index contributed by atoms with van der Waals surface area (Å²) in [6.07, 6.45) is -1.32. The average molecular weight is 285 g/mol. The Balaban J connectivity index is 2.75. The molecule has 0 bridgehead atoms. The molecule has 5 nitrogen and oxygen atoms in total. The summed E-state index contributed by atoms with van der Waals surface area (Å²) in [7, 11) is 0. The fourth-order valence-electron chi connectivity index (χ4n) is 1.39. The Kier molecular flexibility index (Phi) is 4.86. The van der Waals surface area contributed by atoms with Crippen molar-refractivity contribution < 1.29 is 27.8 Å². The number of esters is 1. The Labute approximate surface area is 114 Å². The third-order valence-electron chi connectivity index (χ3n) is 2.32. The van der Waals surface area contributed by atoms with Crippen molar-refractivity contribution >= 4 is 5.97 Å². The topological polar surface area (TPSA) is 68.5 Å². The van der Waals surface area contributed by atoms with Crippen molar-refractivity contribution in [3.8, 4) is 6.07 Å². The Morgan fingerprint density at radius 2 is 2.25 bits per heavy atom. The lowest BCUT2D eigenvalue weighted by atomic mass is 10.0. The monoisotopic (exact) mass is 285 g/mol. The lowest BCUT2D eigenvalue weighted by Gasteiger charge is -2.08. The summed E-state index contributed by atoms with van der Waals surface area (Å²) in [4.78, 5) is 11.5. The number of hydrogen-bond acceptors (Lipinski definition) is 5. The molecule has 0 N–H and O–H groups in total. The van der Waals surface area contributed by atoms with E-state index in [4.69, 9.17) is 10.00 Å². The third-order valence-corrected chi connectivity index (χ3v) is 2.32. The predicted molar refractivity (Wildman–Crippen MR) is 63.8 cm³/mol. The van der Waals surface area contributed by atoms with Crippen molar-refractivity contribution in [2.75, 3.05) is 6.61 Å². The molecule has 0 aliphatic carbocycles. The highest BCUT2D eigenvalue weighted by molar-refractivity contribution is 5.79. The van der Waals surface area contributed by atoms with Crippen molar-refractivity contribution in [1.82, 2.24) is 0 Å². The minimum absolute atomic E-state index is 0.102. The Morgan fingerprint density at radius 3 is 2.70 bits per heavy atom. The summed E-state index contributed by atoms with van der Waals surface area (Å²) in [5.74, 6) is -2.25. The number of rotatable bonds is 5. The molecule has 0 aromatic heterocycles. The molecule has 7 heteroatoms. The molecule has 0 saturated carbocycles. The van der Waals surface area contributed by atoms with Crippen molar-refractivity contribution in [3.05, 3.63) is 35.8 Å². The maximum atomic E-state index is 12.8. The van der Waals surface area contributed by atoms with Crippen LogP contribution in [-0.2, 0) is 19.0 Å². The van der Waals surface area contributed by atoms with Crippen molar-refractivity contribution in [2.24, 2.45) is 5.92 Å². The minimum atomic E-state index is -3.71. The highest BCUT2D eigenvalue weighted by Crippen LogP contribution is 2.33. The second-order valence-electron chi connectivity index (χ2n) is 3.81. The summed E-state index contributed by atoms with van der Waals surface area (Å²) < 4.78 is 38.6. The molecular weight excluding hydrogens is 272 g/mol. The zero-order valence-corrected chi connectivity index (χ0v) is 11.0. The van der Waals surface area contributed by atoms with E-state index >= 15 is 0 Å². The second-order valence-corrected chi connectivity index (χ2v) is 3.81. The van der Waals surface area contributed by atoms with Gasteiger partial charge in [0, 0.05) is 0 Å². The predicted octanol–water partition coefficient (Wildman–Crippen LogP) is 2.63. The van der Waals surface area contributed by atoms with Gasteiger partial charge in [-0.2, -0.15) is 5.26 Å². The van der Waals surface area contributed by atoms with Crippen LogP contribution >= 0.6 is 0 Å². The lowest BCUT2D eigenvalue weighted by molar-refractivity contribution is -0.336. The number of carbonyl (C=O) groups excluding carboxylic acids is 1. The number of allylic oxidation sites excluding steroid dienone is 3. The second kappa shape index (κ2) is 6.19. The maximum absolute atomic E-state index is 12.8. The molecule has 0 saturated heterocycles. The molecule has 20 heavy (non-hydrogen) atoms. The molecule has 1 unspecified atom stereocenters. The van der Waals surface area contributed by atoms with E-state index in [0.717, 1.165) is 6.08 Å². The molecule has 1 heterocycles. The van der Waals surface area contributed by atoms with Gasteiger partial charge >= 0.3 is 12.3 Å². The van der Waals surface area contributed by atoms with E-state index in [-0.39, 0.29) is 23.7 Å². The summed E-state index contributed by atoms with van der Waals surface area (Å²) in [6.45, 7) is 6.57. The quantitative estimate of drug-likeness (QED) is 0.573. The molecule has 0 spiro atoms. The molecule has 108 valence electrons. The van der Waals surface area contributed by atoms with E-state index in [1.807, 2.05) is 0 Å². The first-order chi connectivity index (χ1) is 9.30. The largest absolute Gasteiger partial charge is 0.585 e. The van der Waals surface area contributed by atoms with Gasteiger partial charge in [0.25, 0.3) is 0 Å². The third kappa shape index (κ3) is 3.82. The number of carbonyl (C=O) groups is 1. The molecular formula is C13H13F2NO4.